The van der Waals surface area contributed by atoms with Crippen LogP contribution >= 0.6 is 0 Å². The van der Waals surface area contributed by atoms with E-state index in [9.17, 15) is 36.6 Å². The smallest absolute Gasteiger partial charge is 0.416 e. The van der Waals surface area contributed by atoms with Crippen LogP contribution in [-0.4, -0.2) is 73.3 Å². The highest BCUT2D eigenvalue weighted by Crippen LogP contribution is 2.37. The molecule has 1 aromatic carbocycles. The number of carboxylic acids is 1. The minimum absolute atomic E-state index is 0.0314. The highest BCUT2D eigenvalue weighted by atomic mass is 32.2. The zero-order valence-corrected chi connectivity index (χ0v) is 21.6. The molecule has 1 aliphatic rings. The van der Waals surface area contributed by atoms with Crippen LogP contribution in [0.5, 0.6) is 0 Å². The summed E-state index contributed by atoms with van der Waals surface area (Å²) < 4.78 is 65.0. The Morgan fingerprint density at radius 1 is 1.26 bits per heavy atom. The zero-order chi connectivity index (χ0) is 28.6. The van der Waals surface area contributed by atoms with Gasteiger partial charge in [-0.25, -0.2) is 19.0 Å². The van der Waals surface area contributed by atoms with Gasteiger partial charge in [-0.1, -0.05) is 6.07 Å². The maximum absolute atomic E-state index is 14.0. The molecule has 0 saturated carbocycles. The summed E-state index contributed by atoms with van der Waals surface area (Å²) in [6.45, 7) is -0.150. The Kier molecular flexibility index (Phi) is 7.66. The first-order valence-corrected chi connectivity index (χ1v) is 12.7. The third-order valence-electron chi connectivity index (χ3n) is 6.51. The molecule has 0 bridgehead atoms. The number of carboxylic acid groups (broad SMARTS) is 1. The summed E-state index contributed by atoms with van der Waals surface area (Å²) >= 11 is -2.67. The summed E-state index contributed by atoms with van der Waals surface area (Å²) in [6, 6.07) is 3.64. The summed E-state index contributed by atoms with van der Waals surface area (Å²) in [4.78, 5) is 36.2. The molecular weight excluding hydrogens is 541 g/mol. The van der Waals surface area contributed by atoms with E-state index >= 15 is 0 Å². The van der Waals surface area contributed by atoms with Gasteiger partial charge in [0.25, 0.3) is 11.3 Å². The Labute approximate surface area is 223 Å². The molecule has 39 heavy (non-hydrogen) atoms. The second-order valence-electron chi connectivity index (χ2n) is 9.14. The first-order chi connectivity index (χ1) is 18.3. The van der Waals surface area contributed by atoms with E-state index in [-0.39, 0.29) is 35.4 Å². The van der Waals surface area contributed by atoms with Crippen molar-refractivity contribution in [2.24, 2.45) is 0 Å². The second kappa shape index (κ2) is 10.6. The molecule has 0 radical (unpaired) electrons. The van der Waals surface area contributed by atoms with Crippen LogP contribution in [0.15, 0.2) is 42.7 Å². The van der Waals surface area contributed by atoms with Crippen LogP contribution < -0.4 is 14.9 Å². The lowest BCUT2D eigenvalue weighted by Crippen LogP contribution is -2.49. The number of hydrogen-bond acceptors (Lipinski definition) is 7. The van der Waals surface area contributed by atoms with E-state index in [2.05, 4.69) is 9.97 Å². The molecule has 1 saturated heterocycles. The molecule has 0 spiro atoms. The number of nitrogen functional groups attached to an aromatic ring is 1. The lowest BCUT2D eigenvalue weighted by Gasteiger charge is -2.29. The predicted octanol–water partition coefficient (Wildman–Crippen LogP) is 2.54. The molecular formula is C24H25F3N6O5S. The number of aromatic nitrogens is 2. The third-order valence-corrected chi connectivity index (χ3v) is 7.31. The quantitative estimate of drug-likeness (QED) is 0.349. The number of anilines is 3. The van der Waals surface area contributed by atoms with E-state index in [1.807, 2.05) is 0 Å². The van der Waals surface area contributed by atoms with Crippen LogP contribution in [0.4, 0.5) is 30.5 Å². The second-order valence-corrected chi connectivity index (χ2v) is 10.00. The van der Waals surface area contributed by atoms with Gasteiger partial charge in [0.2, 0.25) is 5.91 Å². The molecule has 1 unspecified atom stereocenters. The summed E-state index contributed by atoms with van der Waals surface area (Å²) in [7, 11) is 3.50. The van der Waals surface area contributed by atoms with Gasteiger partial charge in [-0.2, -0.15) is 13.2 Å². The van der Waals surface area contributed by atoms with E-state index in [0.717, 1.165) is 15.3 Å². The van der Waals surface area contributed by atoms with Crippen LogP contribution in [0.1, 0.15) is 17.5 Å². The van der Waals surface area contributed by atoms with Gasteiger partial charge in [0.05, 0.1) is 17.4 Å². The zero-order valence-electron chi connectivity index (χ0n) is 20.8. The van der Waals surface area contributed by atoms with Gasteiger partial charge in [0.15, 0.2) is 0 Å². The van der Waals surface area contributed by atoms with Crippen LogP contribution in [0.25, 0.3) is 10.8 Å². The SMILES string of the molecule is CN(C)c1ccc(N([C@H]2CCN([C@H](Cc3cc4ccnc(N)c4cc3C(F)(F)F)C(=O)O)C2=O)S(=O)O)cn1. The van der Waals surface area contributed by atoms with Crippen molar-refractivity contribution in [3.8, 4) is 0 Å². The highest BCUT2D eigenvalue weighted by Gasteiger charge is 2.44. The van der Waals surface area contributed by atoms with Crippen molar-refractivity contribution in [2.75, 3.05) is 35.6 Å². The van der Waals surface area contributed by atoms with Crippen molar-refractivity contribution in [1.29, 1.82) is 0 Å². The minimum atomic E-state index is -4.83. The Bertz CT molecular complexity index is 1440. The number of benzene rings is 1. The number of fused-ring (bicyclic) bond motifs is 1. The molecule has 0 aliphatic carbocycles. The maximum atomic E-state index is 14.0. The number of pyridine rings is 2. The van der Waals surface area contributed by atoms with Gasteiger partial charge < -0.3 is 20.6 Å². The van der Waals surface area contributed by atoms with Crippen molar-refractivity contribution in [3.05, 3.63) is 53.9 Å². The molecule has 4 rings (SSSR count). The molecule has 2 aromatic heterocycles. The van der Waals surface area contributed by atoms with Crippen LogP contribution in [-0.2, 0) is 33.5 Å². The van der Waals surface area contributed by atoms with Gasteiger partial charge in [0.1, 0.15) is 23.7 Å². The fraction of sp³-hybridized carbons (Fsp3) is 0.333. The lowest BCUT2D eigenvalue weighted by molar-refractivity contribution is -0.149. The predicted molar refractivity (Wildman–Crippen MR) is 138 cm³/mol. The molecule has 1 fully saturated rings. The molecule has 15 heteroatoms. The number of amides is 1. The Morgan fingerprint density at radius 3 is 2.54 bits per heavy atom. The van der Waals surface area contributed by atoms with Gasteiger partial charge in [-0.15, -0.1) is 0 Å². The van der Waals surface area contributed by atoms with Crippen molar-refractivity contribution >= 4 is 51.2 Å². The number of rotatable bonds is 8. The van der Waals surface area contributed by atoms with E-state index in [4.69, 9.17) is 5.73 Å². The van der Waals surface area contributed by atoms with Crippen LogP contribution in [0.2, 0.25) is 0 Å². The molecule has 208 valence electrons. The standard InChI is InChI=1S/C24H25F3N6O5S/c1-31(2)20-4-3-15(12-30-20)33(39(37)38)18-6-8-32(22(18)34)19(23(35)36)10-14-9-13-5-7-29-21(28)16(13)11-17(14)24(25,26)27/h3-5,7,9,11-12,18-19H,6,8,10H2,1-2H3,(H2,28,29)(H,35,36)(H,37,38)/t18-,19+/m0/s1. The monoisotopic (exact) mass is 566 g/mol. The van der Waals surface area contributed by atoms with E-state index < -0.39 is 53.4 Å². The lowest BCUT2D eigenvalue weighted by atomic mass is 9.95. The topological polar surface area (TPSA) is 153 Å². The number of likely N-dealkylation sites (tertiary alicyclic amines) is 1. The summed E-state index contributed by atoms with van der Waals surface area (Å²) in [6.07, 6.45) is -2.89. The van der Waals surface area contributed by atoms with Gasteiger partial charge >= 0.3 is 12.1 Å². The molecule has 1 amide bonds. The van der Waals surface area contributed by atoms with Gasteiger partial charge in [-0.05, 0) is 41.6 Å². The van der Waals surface area contributed by atoms with Gasteiger partial charge in [0, 0.05) is 38.6 Å². The average Bonchev–Trinajstić information content (AvgIpc) is 3.22. The van der Waals surface area contributed by atoms with Crippen LogP contribution in [0, 0.1) is 0 Å². The molecule has 3 heterocycles. The van der Waals surface area contributed by atoms with E-state index in [1.54, 1.807) is 25.1 Å². The molecule has 1 aliphatic heterocycles. The highest BCUT2D eigenvalue weighted by molar-refractivity contribution is 7.80. The largest absolute Gasteiger partial charge is 0.480 e. The Balaban J connectivity index is 1.67. The van der Waals surface area contributed by atoms with Crippen molar-refractivity contribution in [3.63, 3.8) is 0 Å². The fourth-order valence-electron chi connectivity index (χ4n) is 4.63. The Morgan fingerprint density at radius 2 is 1.97 bits per heavy atom. The van der Waals surface area contributed by atoms with Crippen LogP contribution in [0.3, 0.4) is 0 Å². The fourth-order valence-corrected chi connectivity index (χ4v) is 5.33. The first kappa shape index (κ1) is 28.0. The number of carbonyl (C=O) groups excluding carboxylic acids is 1. The first-order valence-electron chi connectivity index (χ1n) is 11.6. The number of halogens is 3. The average molecular weight is 567 g/mol. The number of carbonyl (C=O) groups is 2. The molecule has 3 atom stereocenters. The number of hydrogen-bond donors (Lipinski definition) is 3. The molecule has 11 nitrogen and oxygen atoms in total. The van der Waals surface area contributed by atoms with Crippen molar-refractivity contribution in [1.82, 2.24) is 14.9 Å². The normalized spacial score (nSPS) is 17.3. The maximum Gasteiger partial charge on any atom is 0.416 e. The number of alkyl halides is 3. The minimum Gasteiger partial charge on any atom is -0.480 e. The van der Waals surface area contributed by atoms with Crippen molar-refractivity contribution < 1.29 is 36.6 Å². The number of nitrogens with zero attached hydrogens (tertiary/aromatic N) is 5. The number of aliphatic carboxylic acids is 1. The third kappa shape index (κ3) is 5.59. The van der Waals surface area contributed by atoms with E-state index in [0.29, 0.717) is 11.2 Å². The summed E-state index contributed by atoms with van der Waals surface area (Å²) in [5.74, 6) is -1.87. The van der Waals surface area contributed by atoms with E-state index in [1.165, 1.54) is 30.6 Å². The van der Waals surface area contributed by atoms with Crippen molar-refractivity contribution in [2.45, 2.75) is 31.1 Å². The Hall–Kier alpha value is -3.98. The molecule has 3 aromatic rings. The summed E-state index contributed by atoms with van der Waals surface area (Å²) in [5.41, 5.74) is 4.46. The molecule has 4 N–H and O–H groups in total. The number of nitrogens with two attached hydrogens (primary N) is 1. The van der Waals surface area contributed by atoms with Gasteiger partial charge in [-0.3, -0.25) is 13.7 Å². The summed E-state index contributed by atoms with van der Waals surface area (Å²) in [5, 5.41) is 10.3.